The third-order valence-electron chi connectivity index (χ3n) is 4.97. The zero-order valence-electron chi connectivity index (χ0n) is 17.9. The highest BCUT2D eigenvalue weighted by atomic mass is 35.5. The van der Waals surface area contributed by atoms with Gasteiger partial charge in [-0.15, -0.1) is 0 Å². The van der Waals surface area contributed by atoms with E-state index in [0.717, 1.165) is 30.3 Å². The Morgan fingerprint density at radius 3 is 2.35 bits per heavy atom. The molecule has 1 heterocycles. The van der Waals surface area contributed by atoms with Crippen LogP contribution in [0.5, 0.6) is 11.6 Å². The van der Waals surface area contributed by atoms with Crippen LogP contribution in [0.25, 0.3) is 0 Å². The smallest absolute Gasteiger partial charge is 0.271 e. The highest BCUT2D eigenvalue weighted by Crippen LogP contribution is 2.36. The van der Waals surface area contributed by atoms with E-state index in [2.05, 4.69) is 6.92 Å². The van der Waals surface area contributed by atoms with Gasteiger partial charge in [0.15, 0.2) is 11.5 Å². The first-order valence-corrected chi connectivity index (χ1v) is 11.1. The zero-order valence-corrected chi connectivity index (χ0v) is 19.4. The van der Waals surface area contributed by atoms with Gasteiger partial charge in [-0.05, 0) is 37.5 Å². The fourth-order valence-corrected chi connectivity index (χ4v) is 3.90. The summed E-state index contributed by atoms with van der Waals surface area (Å²) in [5.41, 5.74) is -0.640. The van der Waals surface area contributed by atoms with Gasteiger partial charge in [0.2, 0.25) is 5.88 Å². The number of ether oxygens (including phenoxy) is 1. The third-order valence-corrected chi connectivity index (χ3v) is 5.53. The summed E-state index contributed by atoms with van der Waals surface area (Å²) in [6.07, 6.45) is 4.27. The number of pyridine rings is 1. The molecule has 31 heavy (non-hydrogen) atoms. The van der Waals surface area contributed by atoms with Crippen LogP contribution in [0.4, 0.5) is 0 Å². The third kappa shape index (κ3) is 5.41. The number of carbonyl (C=O) groups is 1. The highest BCUT2D eigenvalue weighted by molar-refractivity contribution is 6.38. The largest absolute Gasteiger partial charge is 0.494 e. The molecule has 2 rings (SSSR count). The maximum atomic E-state index is 13.3. The molecule has 8 heteroatoms. The number of hydrogen-bond acceptors (Lipinski definition) is 5. The van der Waals surface area contributed by atoms with E-state index in [1.807, 2.05) is 13.0 Å². The van der Waals surface area contributed by atoms with E-state index in [0.29, 0.717) is 13.0 Å². The molecule has 0 radical (unpaired) electrons. The average molecular weight is 465 g/mol. The molecule has 0 aliphatic carbocycles. The van der Waals surface area contributed by atoms with E-state index in [-0.39, 0.29) is 44.6 Å². The predicted octanol–water partition coefficient (Wildman–Crippen LogP) is 5.64. The van der Waals surface area contributed by atoms with Crippen LogP contribution < -0.4 is 10.3 Å². The molecule has 0 unspecified atom stereocenters. The minimum absolute atomic E-state index is 0.110. The summed E-state index contributed by atoms with van der Waals surface area (Å²) < 4.78 is 6.62. The number of nitriles is 1. The molecule has 0 spiro atoms. The van der Waals surface area contributed by atoms with Crippen molar-refractivity contribution in [2.45, 2.75) is 59.4 Å². The van der Waals surface area contributed by atoms with Gasteiger partial charge in [-0.2, -0.15) is 5.26 Å². The molecule has 0 fully saturated rings. The van der Waals surface area contributed by atoms with E-state index in [1.165, 1.54) is 19.1 Å². The molecule has 0 saturated carbocycles. The van der Waals surface area contributed by atoms with Gasteiger partial charge in [0, 0.05) is 12.1 Å². The summed E-state index contributed by atoms with van der Waals surface area (Å²) in [6.45, 7) is 6.10. The Bertz CT molecular complexity index is 1050. The molecular formula is C23H26Cl2N2O4. The predicted molar refractivity (Wildman–Crippen MR) is 122 cm³/mol. The second-order valence-corrected chi connectivity index (χ2v) is 8.09. The fraction of sp³-hybridized carbons (Fsp3) is 0.435. The number of halogens is 2. The van der Waals surface area contributed by atoms with Crippen molar-refractivity contribution in [3.63, 3.8) is 0 Å². The minimum Gasteiger partial charge on any atom is -0.494 e. The maximum absolute atomic E-state index is 13.3. The molecule has 0 aliphatic rings. The first-order valence-electron chi connectivity index (χ1n) is 10.3. The number of aromatic hydroxyl groups is 1. The standard InChI is InChI=1S/C23H26Cl2N2O4/c1-4-6-7-8-9-27-22(29)16(13-26)14(3)19(23(27)30)20(28)15-11-17(24)21(18(25)12-15)31-10-5-2/h11-12,30H,4-10H2,1-3H3. The van der Waals surface area contributed by atoms with Crippen molar-refractivity contribution in [1.29, 1.82) is 5.26 Å². The van der Waals surface area contributed by atoms with Crippen molar-refractivity contribution < 1.29 is 14.6 Å². The van der Waals surface area contributed by atoms with Crippen LogP contribution in [0.2, 0.25) is 10.0 Å². The van der Waals surface area contributed by atoms with Crippen LogP contribution in [0, 0.1) is 18.3 Å². The van der Waals surface area contributed by atoms with Gasteiger partial charge in [-0.25, -0.2) is 0 Å². The molecule has 0 saturated heterocycles. The van der Waals surface area contributed by atoms with E-state index < -0.39 is 17.2 Å². The van der Waals surface area contributed by atoms with Crippen LogP contribution in [-0.4, -0.2) is 22.1 Å². The summed E-state index contributed by atoms with van der Waals surface area (Å²) >= 11 is 12.5. The van der Waals surface area contributed by atoms with Gasteiger partial charge in [0.1, 0.15) is 11.6 Å². The monoisotopic (exact) mass is 464 g/mol. The number of hydrogen-bond donors (Lipinski definition) is 1. The van der Waals surface area contributed by atoms with Crippen molar-refractivity contribution in [3.8, 4) is 17.7 Å². The molecule has 1 aromatic carbocycles. The lowest BCUT2D eigenvalue weighted by molar-refractivity contribution is 0.103. The number of carbonyl (C=O) groups excluding carboxylic acids is 1. The van der Waals surface area contributed by atoms with Crippen molar-refractivity contribution in [2.24, 2.45) is 0 Å². The average Bonchev–Trinajstić information content (AvgIpc) is 2.72. The Kier molecular flexibility index (Phi) is 8.97. The quantitative estimate of drug-likeness (QED) is 0.362. The summed E-state index contributed by atoms with van der Waals surface area (Å²) in [7, 11) is 0. The zero-order chi connectivity index (χ0) is 23.1. The van der Waals surface area contributed by atoms with Gasteiger partial charge in [0.25, 0.3) is 5.56 Å². The molecule has 6 nitrogen and oxygen atoms in total. The number of rotatable bonds is 10. The van der Waals surface area contributed by atoms with Crippen molar-refractivity contribution in [1.82, 2.24) is 4.57 Å². The first-order chi connectivity index (χ1) is 14.8. The summed E-state index contributed by atoms with van der Waals surface area (Å²) in [4.78, 5) is 26.0. The van der Waals surface area contributed by atoms with Crippen LogP contribution in [0.1, 0.15) is 73.0 Å². The first kappa shape index (κ1) is 24.8. The summed E-state index contributed by atoms with van der Waals surface area (Å²) in [5, 5.41) is 20.6. The number of benzene rings is 1. The van der Waals surface area contributed by atoms with E-state index in [1.54, 1.807) is 0 Å². The summed E-state index contributed by atoms with van der Waals surface area (Å²) in [6, 6.07) is 4.68. The van der Waals surface area contributed by atoms with Gasteiger partial charge in [-0.1, -0.05) is 56.3 Å². The molecule has 2 aromatic rings. The number of aromatic nitrogens is 1. The molecular weight excluding hydrogens is 439 g/mol. The maximum Gasteiger partial charge on any atom is 0.271 e. The van der Waals surface area contributed by atoms with E-state index in [9.17, 15) is 20.0 Å². The van der Waals surface area contributed by atoms with E-state index >= 15 is 0 Å². The SMILES string of the molecule is CCCCCCn1c(O)c(C(=O)c2cc(Cl)c(OCCC)c(Cl)c2)c(C)c(C#N)c1=O. The molecule has 166 valence electrons. The van der Waals surface area contributed by atoms with Crippen molar-refractivity contribution >= 4 is 29.0 Å². The molecule has 1 aromatic heterocycles. The Morgan fingerprint density at radius 2 is 1.81 bits per heavy atom. The van der Waals surface area contributed by atoms with Gasteiger partial charge < -0.3 is 9.84 Å². The number of nitrogens with zero attached hydrogens (tertiary/aromatic N) is 2. The number of unbranched alkanes of at least 4 members (excludes halogenated alkanes) is 3. The Hall–Kier alpha value is -2.49. The van der Waals surface area contributed by atoms with Crippen LogP contribution in [-0.2, 0) is 6.54 Å². The fourth-order valence-electron chi connectivity index (χ4n) is 3.30. The summed E-state index contributed by atoms with van der Waals surface area (Å²) in [5.74, 6) is -0.762. The second kappa shape index (κ2) is 11.2. The highest BCUT2D eigenvalue weighted by Gasteiger charge is 2.26. The second-order valence-electron chi connectivity index (χ2n) is 7.27. The Labute approximate surface area is 192 Å². The van der Waals surface area contributed by atoms with Gasteiger partial charge in [0.05, 0.1) is 22.2 Å². The van der Waals surface area contributed by atoms with Crippen LogP contribution in [0.3, 0.4) is 0 Å². The molecule has 0 bridgehead atoms. The molecule has 0 aliphatic heterocycles. The van der Waals surface area contributed by atoms with Crippen molar-refractivity contribution in [3.05, 3.63) is 54.8 Å². The van der Waals surface area contributed by atoms with E-state index in [4.69, 9.17) is 27.9 Å². The van der Waals surface area contributed by atoms with Gasteiger partial charge >= 0.3 is 0 Å². The molecule has 0 amide bonds. The normalized spacial score (nSPS) is 10.7. The Morgan fingerprint density at radius 1 is 1.16 bits per heavy atom. The lowest BCUT2D eigenvalue weighted by atomic mass is 9.97. The Balaban J connectivity index is 2.56. The lowest BCUT2D eigenvalue weighted by Crippen LogP contribution is -2.27. The van der Waals surface area contributed by atoms with Crippen molar-refractivity contribution in [2.75, 3.05) is 6.61 Å². The molecule has 1 N–H and O–H groups in total. The lowest BCUT2D eigenvalue weighted by Gasteiger charge is -2.16. The van der Waals surface area contributed by atoms with Crippen LogP contribution in [0.15, 0.2) is 16.9 Å². The topological polar surface area (TPSA) is 92.3 Å². The number of ketones is 1. The minimum atomic E-state index is -0.607. The molecule has 0 atom stereocenters. The van der Waals surface area contributed by atoms with Gasteiger partial charge in [-0.3, -0.25) is 14.2 Å². The van der Waals surface area contributed by atoms with Crippen LogP contribution >= 0.6 is 23.2 Å².